The van der Waals surface area contributed by atoms with Gasteiger partial charge < -0.3 is 4.74 Å². The van der Waals surface area contributed by atoms with E-state index in [9.17, 15) is 4.79 Å². The number of fused-ring (bicyclic) bond motifs is 1. The molecule has 2 aliphatic heterocycles. The van der Waals surface area contributed by atoms with Crippen molar-refractivity contribution >= 4 is 29.5 Å². The summed E-state index contributed by atoms with van der Waals surface area (Å²) in [6.45, 7) is 0. The van der Waals surface area contributed by atoms with Gasteiger partial charge in [0.05, 0.1) is 25.3 Å². The molecule has 2 heterocycles. The molecule has 0 aromatic heterocycles. The summed E-state index contributed by atoms with van der Waals surface area (Å²) >= 11 is 0. The molecule has 1 amide bonds. The number of guanidine groups is 1. The summed E-state index contributed by atoms with van der Waals surface area (Å²) in [5.74, 6) is 1.27. The van der Waals surface area contributed by atoms with Crippen LogP contribution in [0.3, 0.4) is 0 Å². The van der Waals surface area contributed by atoms with E-state index in [1.54, 1.807) is 18.1 Å². The first-order chi connectivity index (χ1) is 13.2. The standard InChI is InChI=1S/C20H15N5O2/c1-27-16-9-7-14(8-10-16)13-17-19(26)25-20(22-17)24(18(23-25)11-12-21)15-5-3-2-4-6-15/h2-10,13H,11H2,1H3/b17-13+. The Bertz CT molecular complexity index is 1020. The number of ether oxygens (including phenoxy) is 1. The van der Waals surface area contributed by atoms with Gasteiger partial charge in [-0.25, -0.2) is 4.99 Å². The summed E-state index contributed by atoms with van der Waals surface area (Å²) in [4.78, 5) is 19.0. The Morgan fingerprint density at radius 1 is 1.15 bits per heavy atom. The molecule has 0 N–H and O–H groups in total. The number of methoxy groups -OCH3 is 1. The molecule has 0 bridgehead atoms. The molecule has 0 aliphatic carbocycles. The van der Waals surface area contributed by atoms with Gasteiger partial charge in [0.25, 0.3) is 5.91 Å². The third kappa shape index (κ3) is 2.93. The van der Waals surface area contributed by atoms with Crippen LogP contribution in [0.15, 0.2) is 70.4 Å². The number of benzene rings is 2. The molecule has 0 unspecified atom stereocenters. The van der Waals surface area contributed by atoms with Crippen molar-refractivity contribution in [1.82, 2.24) is 5.01 Å². The van der Waals surface area contributed by atoms with Crippen molar-refractivity contribution in [2.45, 2.75) is 6.42 Å². The minimum absolute atomic E-state index is 0.0786. The van der Waals surface area contributed by atoms with Gasteiger partial charge in [0.15, 0.2) is 5.84 Å². The number of nitrogens with zero attached hydrogens (tertiary/aromatic N) is 5. The number of carbonyl (C=O) groups excluding carboxylic acids is 1. The zero-order valence-electron chi connectivity index (χ0n) is 14.5. The number of carbonyl (C=O) groups is 1. The number of aliphatic imine (C=N–C) groups is 1. The summed E-state index contributed by atoms with van der Waals surface area (Å²) in [6, 6.07) is 18.8. The Labute approximate surface area is 156 Å². The summed E-state index contributed by atoms with van der Waals surface area (Å²) < 4.78 is 5.14. The van der Waals surface area contributed by atoms with E-state index in [2.05, 4.69) is 16.2 Å². The van der Waals surface area contributed by atoms with Crippen molar-refractivity contribution in [3.05, 3.63) is 65.9 Å². The Morgan fingerprint density at radius 3 is 2.56 bits per heavy atom. The number of para-hydroxylation sites is 1. The third-order valence-corrected chi connectivity index (χ3v) is 4.17. The summed E-state index contributed by atoms with van der Waals surface area (Å²) in [5.41, 5.74) is 1.92. The lowest BCUT2D eigenvalue weighted by molar-refractivity contribution is -0.122. The molecule has 0 saturated carbocycles. The van der Waals surface area contributed by atoms with Gasteiger partial charge in [-0.2, -0.15) is 10.3 Å². The van der Waals surface area contributed by atoms with Crippen LogP contribution in [-0.4, -0.2) is 29.8 Å². The van der Waals surface area contributed by atoms with Crippen LogP contribution in [0.25, 0.3) is 6.08 Å². The van der Waals surface area contributed by atoms with Crippen LogP contribution in [0, 0.1) is 11.3 Å². The third-order valence-electron chi connectivity index (χ3n) is 4.17. The van der Waals surface area contributed by atoms with Gasteiger partial charge in [-0.1, -0.05) is 30.3 Å². The largest absolute Gasteiger partial charge is 0.497 e. The van der Waals surface area contributed by atoms with E-state index in [4.69, 9.17) is 10.00 Å². The lowest BCUT2D eigenvalue weighted by atomic mass is 10.2. The second-order valence-electron chi connectivity index (χ2n) is 5.85. The molecule has 132 valence electrons. The minimum atomic E-state index is -0.324. The summed E-state index contributed by atoms with van der Waals surface area (Å²) in [7, 11) is 1.60. The molecule has 27 heavy (non-hydrogen) atoms. The van der Waals surface area contributed by atoms with Crippen molar-refractivity contribution in [3.8, 4) is 11.8 Å². The predicted octanol–water partition coefficient (Wildman–Crippen LogP) is 2.98. The van der Waals surface area contributed by atoms with Gasteiger partial charge >= 0.3 is 0 Å². The van der Waals surface area contributed by atoms with Crippen LogP contribution in [0.5, 0.6) is 5.75 Å². The zero-order valence-corrected chi connectivity index (χ0v) is 14.5. The molecular weight excluding hydrogens is 342 g/mol. The van der Waals surface area contributed by atoms with E-state index in [1.165, 1.54) is 5.01 Å². The number of hydrogen-bond acceptors (Lipinski definition) is 6. The molecule has 0 atom stereocenters. The fourth-order valence-electron chi connectivity index (χ4n) is 2.89. The van der Waals surface area contributed by atoms with Crippen LogP contribution in [-0.2, 0) is 4.79 Å². The number of hydrazone groups is 1. The van der Waals surface area contributed by atoms with Gasteiger partial charge in [-0.05, 0) is 35.9 Å². The molecule has 7 nitrogen and oxygen atoms in total. The Hall–Kier alpha value is -3.92. The van der Waals surface area contributed by atoms with Gasteiger partial charge in [0.2, 0.25) is 5.96 Å². The number of nitriles is 1. The van der Waals surface area contributed by atoms with E-state index in [1.807, 2.05) is 54.6 Å². The Kier molecular flexibility index (Phi) is 4.15. The minimum Gasteiger partial charge on any atom is -0.497 e. The maximum atomic E-state index is 12.7. The van der Waals surface area contributed by atoms with E-state index in [-0.39, 0.29) is 18.0 Å². The highest BCUT2D eigenvalue weighted by Crippen LogP contribution is 2.29. The Morgan fingerprint density at radius 2 is 1.89 bits per heavy atom. The molecule has 0 radical (unpaired) electrons. The average molecular weight is 357 g/mol. The van der Waals surface area contributed by atoms with Crippen molar-refractivity contribution in [1.29, 1.82) is 5.26 Å². The van der Waals surface area contributed by atoms with Crippen LogP contribution in [0.1, 0.15) is 12.0 Å². The Balaban J connectivity index is 1.71. The molecule has 0 fully saturated rings. The van der Waals surface area contributed by atoms with E-state index in [0.717, 1.165) is 17.0 Å². The van der Waals surface area contributed by atoms with Crippen LogP contribution < -0.4 is 9.64 Å². The van der Waals surface area contributed by atoms with Crippen LogP contribution in [0.2, 0.25) is 0 Å². The number of amides is 1. The highest BCUT2D eigenvalue weighted by atomic mass is 16.5. The average Bonchev–Trinajstić information content (AvgIpc) is 3.20. The fraction of sp³-hybridized carbons (Fsp3) is 0.100. The molecule has 2 aromatic rings. The maximum absolute atomic E-state index is 12.7. The first-order valence-electron chi connectivity index (χ1n) is 8.30. The van der Waals surface area contributed by atoms with Crippen molar-refractivity contribution in [3.63, 3.8) is 0 Å². The predicted molar refractivity (Wildman–Crippen MR) is 102 cm³/mol. The SMILES string of the molecule is COc1ccc(/C=C2/N=C3N(N=C(CC#N)N3c3ccccc3)C2=O)cc1. The van der Waals surface area contributed by atoms with Crippen LogP contribution >= 0.6 is 0 Å². The zero-order chi connectivity index (χ0) is 18.8. The number of rotatable bonds is 4. The van der Waals surface area contributed by atoms with Gasteiger partial charge in [0, 0.05) is 0 Å². The highest BCUT2D eigenvalue weighted by molar-refractivity contribution is 6.30. The quantitative estimate of drug-likeness (QED) is 0.788. The van der Waals surface area contributed by atoms with E-state index < -0.39 is 0 Å². The summed E-state index contributed by atoms with van der Waals surface area (Å²) in [6.07, 6.45) is 1.78. The van der Waals surface area contributed by atoms with E-state index >= 15 is 0 Å². The second kappa shape index (κ2) is 6.77. The number of amidine groups is 1. The number of hydrogen-bond donors (Lipinski definition) is 0. The van der Waals surface area contributed by atoms with Crippen molar-refractivity contribution < 1.29 is 9.53 Å². The number of anilines is 1. The molecule has 2 aliphatic rings. The highest BCUT2D eigenvalue weighted by Gasteiger charge is 2.41. The monoisotopic (exact) mass is 357 g/mol. The molecule has 4 rings (SSSR count). The molecule has 0 spiro atoms. The van der Waals surface area contributed by atoms with E-state index in [0.29, 0.717) is 11.8 Å². The molecule has 7 heteroatoms. The molecule has 0 saturated heterocycles. The van der Waals surface area contributed by atoms with Crippen molar-refractivity contribution in [2.24, 2.45) is 10.1 Å². The fourth-order valence-corrected chi connectivity index (χ4v) is 2.89. The topological polar surface area (TPSA) is 81.3 Å². The lowest BCUT2D eigenvalue weighted by Gasteiger charge is -2.18. The maximum Gasteiger partial charge on any atom is 0.300 e. The first kappa shape index (κ1) is 16.5. The summed E-state index contributed by atoms with van der Waals surface area (Å²) in [5, 5.41) is 14.6. The normalized spacial score (nSPS) is 16.9. The van der Waals surface area contributed by atoms with Crippen molar-refractivity contribution in [2.75, 3.05) is 12.0 Å². The smallest absolute Gasteiger partial charge is 0.300 e. The van der Waals surface area contributed by atoms with Gasteiger partial charge in [0.1, 0.15) is 11.4 Å². The second-order valence-corrected chi connectivity index (χ2v) is 5.85. The van der Waals surface area contributed by atoms with Crippen LogP contribution in [0.4, 0.5) is 5.69 Å². The van der Waals surface area contributed by atoms with Gasteiger partial charge in [-0.15, -0.1) is 5.10 Å². The molecular formula is C20H15N5O2. The lowest BCUT2D eigenvalue weighted by Crippen LogP contribution is -2.36. The van der Waals surface area contributed by atoms with Gasteiger partial charge in [-0.3, -0.25) is 9.69 Å². The first-order valence-corrected chi connectivity index (χ1v) is 8.30. The molecule has 2 aromatic carbocycles.